The second kappa shape index (κ2) is 8.14. The lowest BCUT2D eigenvalue weighted by Gasteiger charge is -2.00. The van der Waals surface area contributed by atoms with E-state index in [0.29, 0.717) is 24.7 Å². The second-order valence-electron chi connectivity index (χ2n) is 4.68. The van der Waals surface area contributed by atoms with Crippen LogP contribution in [0.15, 0.2) is 46.9 Å². The van der Waals surface area contributed by atoms with Crippen molar-refractivity contribution in [3.8, 4) is 11.3 Å². The number of nitrogens with one attached hydrogen (secondary N) is 1. The van der Waals surface area contributed by atoms with Gasteiger partial charge in [-0.1, -0.05) is 0 Å². The lowest BCUT2D eigenvalue weighted by Crippen LogP contribution is -2.22. The van der Waals surface area contributed by atoms with Crippen LogP contribution in [0.4, 0.5) is 4.39 Å². The maximum atomic E-state index is 12.9. The van der Waals surface area contributed by atoms with Gasteiger partial charge in [0.2, 0.25) is 5.91 Å². The molecule has 5 heteroatoms. The molecule has 0 spiro atoms. The van der Waals surface area contributed by atoms with Crippen LogP contribution in [0.3, 0.4) is 0 Å². The maximum absolute atomic E-state index is 12.9. The third-order valence-electron chi connectivity index (χ3n) is 2.98. The van der Waals surface area contributed by atoms with Crippen LogP contribution in [0.1, 0.15) is 12.2 Å². The number of methoxy groups -OCH3 is 1. The summed E-state index contributed by atoms with van der Waals surface area (Å²) in [5.41, 5.74) is 0.782. The molecule has 1 N–H and O–H groups in total. The maximum Gasteiger partial charge on any atom is 0.244 e. The number of benzene rings is 1. The Kier molecular flexibility index (Phi) is 5.91. The van der Waals surface area contributed by atoms with Crippen LogP contribution in [0, 0.1) is 5.82 Å². The zero-order valence-corrected chi connectivity index (χ0v) is 12.3. The van der Waals surface area contributed by atoms with Gasteiger partial charge in [-0.2, -0.15) is 0 Å². The monoisotopic (exact) mass is 303 g/mol. The zero-order valence-electron chi connectivity index (χ0n) is 12.3. The lowest BCUT2D eigenvalue weighted by molar-refractivity contribution is -0.116. The summed E-state index contributed by atoms with van der Waals surface area (Å²) in [5, 5.41) is 2.74. The number of carbonyl (C=O) groups is 1. The van der Waals surface area contributed by atoms with E-state index in [4.69, 9.17) is 9.15 Å². The minimum absolute atomic E-state index is 0.184. The van der Waals surface area contributed by atoms with Crippen LogP contribution < -0.4 is 5.32 Å². The van der Waals surface area contributed by atoms with Crippen LogP contribution in [0.25, 0.3) is 17.4 Å². The van der Waals surface area contributed by atoms with Gasteiger partial charge in [-0.05, 0) is 48.9 Å². The minimum atomic E-state index is -0.291. The Morgan fingerprint density at radius 2 is 2.05 bits per heavy atom. The highest BCUT2D eigenvalue weighted by atomic mass is 19.1. The molecule has 0 atom stereocenters. The molecule has 0 aliphatic heterocycles. The van der Waals surface area contributed by atoms with E-state index in [-0.39, 0.29) is 11.7 Å². The van der Waals surface area contributed by atoms with Gasteiger partial charge in [0, 0.05) is 31.9 Å². The number of amides is 1. The fraction of sp³-hybridized carbons (Fsp3) is 0.235. The van der Waals surface area contributed by atoms with Crippen LogP contribution in [-0.4, -0.2) is 26.2 Å². The Morgan fingerprint density at radius 3 is 2.77 bits per heavy atom. The van der Waals surface area contributed by atoms with Gasteiger partial charge in [0.05, 0.1) is 0 Å². The molecule has 0 saturated carbocycles. The van der Waals surface area contributed by atoms with Gasteiger partial charge in [-0.25, -0.2) is 4.39 Å². The highest BCUT2D eigenvalue weighted by Crippen LogP contribution is 2.22. The van der Waals surface area contributed by atoms with Gasteiger partial charge in [-0.15, -0.1) is 0 Å². The first-order chi connectivity index (χ1) is 10.7. The SMILES string of the molecule is COCCCNC(=O)/C=C/c1ccc(-c2ccc(F)cc2)o1. The zero-order chi connectivity index (χ0) is 15.8. The fourth-order valence-electron chi connectivity index (χ4n) is 1.86. The second-order valence-corrected chi connectivity index (χ2v) is 4.68. The first-order valence-electron chi connectivity index (χ1n) is 6.99. The number of halogens is 1. The van der Waals surface area contributed by atoms with E-state index in [1.54, 1.807) is 37.5 Å². The van der Waals surface area contributed by atoms with Crippen LogP contribution >= 0.6 is 0 Å². The molecule has 2 aromatic rings. The summed E-state index contributed by atoms with van der Waals surface area (Å²) in [7, 11) is 1.62. The number of rotatable bonds is 7. The fourth-order valence-corrected chi connectivity index (χ4v) is 1.86. The van der Waals surface area contributed by atoms with Crippen molar-refractivity contribution < 1.29 is 18.3 Å². The molecule has 1 aromatic carbocycles. The average Bonchev–Trinajstić information content (AvgIpc) is 2.99. The summed E-state index contributed by atoms with van der Waals surface area (Å²) in [5.74, 6) is 0.711. The Labute approximate surface area is 128 Å². The van der Waals surface area contributed by atoms with Crippen molar-refractivity contribution in [3.63, 3.8) is 0 Å². The Morgan fingerprint density at radius 1 is 1.27 bits per heavy atom. The minimum Gasteiger partial charge on any atom is -0.457 e. The Bertz CT molecular complexity index is 632. The van der Waals surface area contributed by atoms with E-state index in [1.807, 2.05) is 0 Å². The van der Waals surface area contributed by atoms with Crippen molar-refractivity contribution in [2.24, 2.45) is 0 Å². The van der Waals surface area contributed by atoms with Gasteiger partial charge < -0.3 is 14.5 Å². The third kappa shape index (κ3) is 4.86. The predicted octanol–water partition coefficient (Wildman–Crippen LogP) is 3.25. The van der Waals surface area contributed by atoms with Crippen molar-refractivity contribution in [1.82, 2.24) is 5.32 Å². The summed E-state index contributed by atoms with van der Waals surface area (Å²) >= 11 is 0. The predicted molar refractivity (Wildman–Crippen MR) is 82.6 cm³/mol. The number of furan rings is 1. The van der Waals surface area contributed by atoms with Crippen molar-refractivity contribution >= 4 is 12.0 Å². The van der Waals surface area contributed by atoms with E-state index in [9.17, 15) is 9.18 Å². The molecule has 1 heterocycles. The smallest absolute Gasteiger partial charge is 0.244 e. The van der Waals surface area contributed by atoms with Crippen molar-refractivity contribution in [2.75, 3.05) is 20.3 Å². The highest BCUT2D eigenvalue weighted by molar-refractivity contribution is 5.91. The van der Waals surface area contributed by atoms with E-state index >= 15 is 0 Å². The molecule has 2 rings (SSSR count). The number of hydrogen-bond donors (Lipinski definition) is 1. The van der Waals surface area contributed by atoms with Crippen molar-refractivity contribution in [3.05, 3.63) is 54.1 Å². The number of carbonyl (C=O) groups excluding carboxylic acids is 1. The van der Waals surface area contributed by atoms with Gasteiger partial charge >= 0.3 is 0 Å². The molecule has 0 aliphatic carbocycles. The molecule has 4 nitrogen and oxygen atoms in total. The molecule has 1 amide bonds. The van der Waals surface area contributed by atoms with Crippen LogP contribution in [-0.2, 0) is 9.53 Å². The molecule has 0 fully saturated rings. The highest BCUT2D eigenvalue weighted by Gasteiger charge is 2.03. The molecule has 0 bridgehead atoms. The van der Waals surface area contributed by atoms with E-state index < -0.39 is 0 Å². The molecular formula is C17H18FNO3. The quantitative estimate of drug-likeness (QED) is 0.631. The Balaban J connectivity index is 1.90. The number of ether oxygens (including phenoxy) is 1. The van der Waals surface area contributed by atoms with Gasteiger partial charge in [0.15, 0.2) is 0 Å². The summed E-state index contributed by atoms with van der Waals surface area (Å²) < 4.78 is 23.4. The molecule has 0 saturated heterocycles. The first kappa shape index (κ1) is 16.0. The summed E-state index contributed by atoms with van der Waals surface area (Å²) in [6.07, 6.45) is 3.78. The Hall–Kier alpha value is -2.40. The summed E-state index contributed by atoms with van der Waals surface area (Å²) in [6, 6.07) is 9.58. The average molecular weight is 303 g/mol. The lowest BCUT2D eigenvalue weighted by atomic mass is 10.2. The summed E-state index contributed by atoms with van der Waals surface area (Å²) in [6.45, 7) is 1.18. The van der Waals surface area contributed by atoms with Crippen LogP contribution in [0.2, 0.25) is 0 Å². The van der Waals surface area contributed by atoms with Crippen molar-refractivity contribution in [2.45, 2.75) is 6.42 Å². The molecule has 116 valence electrons. The molecule has 0 aliphatic rings. The van der Waals surface area contributed by atoms with E-state index in [1.165, 1.54) is 18.2 Å². The topological polar surface area (TPSA) is 51.5 Å². The van der Waals surface area contributed by atoms with Gasteiger partial charge in [0.1, 0.15) is 17.3 Å². The largest absolute Gasteiger partial charge is 0.457 e. The molecule has 0 unspecified atom stereocenters. The first-order valence-corrected chi connectivity index (χ1v) is 6.99. The summed E-state index contributed by atoms with van der Waals surface area (Å²) in [4.78, 5) is 11.6. The van der Waals surface area contributed by atoms with Gasteiger partial charge in [-0.3, -0.25) is 4.79 Å². The standard InChI is InChI=1S/C17H18FNO3/c1-21-12-2-11-19-17(20)10-8-15-7-9-16(22-15)13-3-5-14(18)6-4-13/h3-10H,2,11-12H2,1H3,(H,19,20)/b10-8+. The molecule has 22 heavy (non-hydrogen) atoms. The third-order valence-corrected chi connectivity index (χ3v) is 2.98. The van der Waals surface area contributed by atoms with Crippen molar-refractivity contribution in [1.29, 1.82) is 0 Å². The number of hydrogen-bond acceptors (Lipinski definition) is 3. The van der Waals surface area contributed by atoms with Gasteiger partial charge in [0.25, 0.3) is 0 Å². The van der Waals surface area contributed by atoms with E-state index in [0.717, 1.165) is 12.0 Å². The molecule has 0 radical (unpaired) electrons. The normalized spacial score (nSPS) is 11.0. The van der Waals surface area contributed by atoms with E-state index in [2.05, 4.69) is 5.32 Å². The molecular weight excluding hydrogens is 285 g/mol. The van der Waals surface area contributed by atoms with Crippen LogP contribution in [0.5, 0.6) is 0 Å². The molecule has 1 aromatic heterocycles.